The van der Waals surface area contributed by atoms with E-state index in [-0.39, 0.29) is 0 Å². The number of para-hydroxylation sites is 1. The summed E-state index contributed by atoms with van der Waals surface area (Å²) in [5, 5.41) is 14.0. The maximum absolute atomic E-state index is 9.37. The number of hydrogen-bond acceptors (Lipinski definition) is 3. The summed E-state index contributed by atoms with van der Waals surface area (Å²) in [6.07, 6.45) is 1.78. The van der Waals surface area contributed by atoms with Crippen molar-refractivity contribution in [3.63, 3.8) is 0 Å². The van der Waals surface area contributed by atoms with Crippen LogP contribution in [0.4, 0.5) is 0 Å². The summed E-state index contributed by atoms with van der Waals surface area (Å²) < 4.78 is 1.75. The minimum absolute atomic E-state index is 0.583. The molecule has 0 radical (unpaired) electrons. The Morgan fingerprint density at radius 2 is 1.82 bits per heavy atom. The van der Waals surface area contributed by atoms with Crippen molar-refractivity contribution in [2.75, 3.05) is 5.75 Å². The Balaban J connectivity index is 2.00. The van der Waals surface area contributed by atoms with Gasteiger partial charge in [-0.3, -0.25) is 0 Å². The number of aromatic nitrogens is 2. The summed E-state index contributed by atoms with van der Waals surface area (Å²) in [5.74, 6) is 1.05. The molecule has 0 saturated heterocycles. The van der Waals surface area contributed by atoms with Crippen molar-refractivity contribution in [1.82, 2.24) is 9.78 Å². The Kier molecular flexibility index (Phi) is 4.27. The van der Waals surface area contributed by atoms with Crippen LogP contribution in [0.3, 0.4) is 0 Å². The van der Waals surface area contributed by atoms with Gasteiger partial charge in [-0.25, -0.2) is 4.68 Å². The molecule has 1 aromatic heterocycles. The molecule has 0 unspecified atom stereocenters. The number of hydrogen-bond donors (Lipinski definition) is 0. The number of thioether (sulfide) groups is 1. The Hall–Kier alpha value is -2.51. The van der Waals surface area contributed by atoms with Gasteiger partial charge in [0.1, 0.15) is 11.8 Å². The monoisotopic (exact) mass is 305 g/mol. The third kappa shape index (κ3) is 2.90. The summed E-state index contributed by atoms with van der Waals surface area (Å²) in [5.41, 5.74) is 3.22. The summed E-state index contributed by atoms with van der Waals surface area (Å²) in [6, 6.07) is 20.3. The molecule has 0 amide bonds. The molecule has 0 aliphatic rings. The van der Waals surface area contributed by atoms with Crippen molar-refractivity contribution in [3.8, 4) is 23.0 Å². The van der Waals surface area contributed by atoms with Gasteiger partial charge in [-0.15, -0.1) is 11.8 Å². The largest absolute Gasteiger partial charge is 0.239 e. The van der Waals surface area contributed by atoms with Gasteiger partial charge in [-0.05, 0) is 30.0 Å². The normalized spacial score (nSPS) is 10.4. The second-order valence-corrected chi connectivity index (χ2v) is 6.08. The molecule has 0 atom stereocenters. The Labute approximate surface area is 134 Å². The lowest BCUT2D eigenvalue weighted by Crippen LogP contribution is -1.93. The number of benzene rings is 2. The molecule has 0 bridgehead atoms. The van der Waals surface area contributed by atoms with Crippen LogP contribution in [0.5, 0.6) is 0 Å². The molecule has 0 fully saturated rings. The molecule has 1 heterocycles. The lowest BCUT2D eigenvalue weighted by Gasteiger charge is -2.02. The van der Waals surface area contributed by atoms with Crippen LogP contribution in [0.2, 0.25) is 0 Å². The highest BCUT2D eigenvalue weighted by Gasteiger charge is 2.11. The van der Waals surface area contributed by atoms with Crippen LogP contribution in [0, 0.1) is 11.3 Å². The molecular weight excluding hydrogens is 290 g/mol. The van der Waals surface area contributed by atoms with Crippen molar-refractivity contribution in [1.29, 1.82) is 5.26 Å². The van der Waals surface area contributed by atoms with Crippen LogP contribution in [0.1, 0.15) is 12.5 Å². The first-order chi connectivity index (χ1) is 10.8. The molecule has 4 heteroatoms. The molecule has 0 N–H and O–H groups in total. The van der Waals surface area contributed by atoms with Crippen LogP contribution in [0.25, 0.3) is 16.9 Å². The second kappa shape index (κ2) is 6.50. The average molecular weight is 305 g/mol. The molecule has 3 aromatic rings. The predicted molar refractivity (Wildman–Crippen MR) is 90.1 cm³/mol. The second-order valence-electron chi connectivity index (χ2n) is 4.74. The smallest absolute Gasteiger partial charge is 0.111 e. The molecule has 108 valence electrons. The van der Waals surface area contributed by atoms with E-state index >= 15 is 0 Å². The minimum atomic E-state index is 0.583. The van der Waals surface area contributed by atoms with E-state index in [1.165, 1.54) is 4.90 Å². The van der Waals surface area contributed by atoms with Crippen LogP contribution < -0.4 is 0 Å². The third-order valence-corrected chi connectivity index (χ3v) is 4.19. The zero-order valence-corrected chi connectivity index (χ0v) is 13.0. The van der Waals surface area contributed by atoms with Crippen molar-refractivity contribution in [2.45, 2.75) is 11.8 Å². The van der Waals surface area contributed by atoms with Gasteiger partial charge in [0.25, 0.3) is 0 Å². The van der Waals surface area contributed by atoms with Gasteiger partial charge < -0.3 is 0 Å². The van der Waals surface area contributed by atoms with E-state index in [1.54, 1.807) is 22.6 Å². The Bertz CT molecular complexity index is 799. The van der Waals surface area contributed by atoms with E-state index < -0.39 is 0 Å². The van der Waals surface area contributed by atoms with E-state index in [1.807, 2.05) is 42.5 Å². The fourth-order valence-electron chi connectivity index (χ4n) is 2.26. The molecule has 3 rings (SSSR count). The molecule has 0 saturated carbocycles. The molecule has 0 aliphatic heterocycles. The Morgan fingerprint density at radius 1 is 1.09 bits per heavy atom. The molecule has 3 nitrogen and oxygen atoms in total. The third-order valence-electron chi connectivity index (χ3n) is 3.29. The zero-order chi connectivity index (χ0) is 15.4. The topological polar surface area (TPSA) is 41.6 Å². The van der Waals surface area contributed by atoms with Crippen molar-refractivity contribution in [2.24, 2.45) is 0 Å². The molecular formula is C18H15N3S. The van der Waals surface area contributed by atoms with Gasteiger partial charge in [0.15, 0.2) is 0 Å². The van der Waals surface area contributed by atoms with Crippen molar-refractivity contribution in [3.05, 3.63) is 66.4 Å². The van der Waals surface area contributed by atoms with Crippen molar-refractivity contribution < 1.29 is 0 Å². The zero-order valence-electron chi connectivity index (χ0n) is 12.2. The van der Waals surface area contributed by atoms with Crippen LogP contribution >= 0.6 is 11.8 Å². The standard InChI is InChI=1S/C18H15N3S/c1-2-22-17-10-8-14(9-11-17)18-15(12-19)13-21(20-18)16-6-4-3-5-7-16/h3-11,13H,2H2,1H3. The Morgan fingerprint density at radius 3 is 2.45 bits per heavy atom. The number of rotatable bonds is 4. The van der Waals surface area contributed by atoms with Gasteiger partial charge in [0.2, 0.25) is 0 Å². The highest BCUT2D eigenvalue weighted by atomic mass is 32.2. The minimum Gasteiger partial charge on any atom is -0.239 e. The average Bonchev–Trinajstić information content (AvgIpc) is 3.01. The van der Waals surface area contributed by atoms with Gasteiger partial charge in [0.05, 0.1) is 11.3 Å². The first-order valence-electron chi connectivity index (χ1n) is 7.10. The van der Waals surface area contributed by atoms with E-state index in [4.69, 9.17) is 0 Å². The fraction of sp³-hybridized carbons (Fsp3) is 0.111. The number of nitrogens with zero attached hydrogens (tertiary/aromatic N) is 3. The van der Waals surface area contributed by atoms with E-state index in [9.17, 15) is 5.26 Å². The summed E-state index contributed by atoms with van der Waals surface area (Å²) in [4.78, 5) is 1.23. The molecule has 0 spiro atoms. The molecule has 2 aromatic carbocycles. The van der Waals surface area contributed by atoms with Gasteiger partial charge in [0, 0.05) is 16.7 Å². The number of nitriles is 1. The fourth-order valence-corrected chi connectivity index (χ4v) is 2.92. The van der Waals surface area contributed by atoms with Gasteiger partial charge in [-0.2, -0.15) is 10.4 Å². The SMILES string of the molecule is CCSc1ccc(-c2nn(-c3ccccc3)cc2C#N)cc1. The van der Waals surface area contributed by atoms with Crippen LogP contribution in [-0.2, 0) is 0 Å². The summed E-state index contributed by atoms with van der Waals surface area (Å²) >= 11 is 1.80. The molecule has 0 aliphatic carbocycles. The quantitative estimate of drug-likeness (QED) is 0.665. The lowest BCUT2D eigenvalue weighted by molar-refractivity contribution is 0.884. The van der Waals surface area contributed by atoms with E-state index in [0.29, 0.717) is 5.56 Å². The first kappa shape index (κ1) is 14.4. The van der Waals surface area contributed by atoms with E-state index in [0.717, 1.165) is 22.7 Å². The van der Waals surface area contributed by atoms with Crippen molar-refractivity contribution >= 4 is 11.8 Å². The summed E-state index contributed by atoms with van der Waals surface area (Å²) in [7, 11) is 0. The van der Waals surface area contributed by atoms with Crippen LogP contribution in [0.15, 0.2) is 65.7 Å². The lowest BCUT2D eigenvalue weighted by atomic mass is 10.1. The maximum Gasteiger partial charge on any atom is 0.111 e. The highest BCUT2D eigenvalue weighted by Crippen LogP contribution is 2.26. The predicted octanol–water partition coefficient (Wildman–Crippen LogP) is 4.52. The first-order valence-corrected chi connectivity index (χ1v) is 8.09. The summed E-state index contributed by atoms with van der Waals surface area (Å²) in [6.45, 7) is 2.13. The highest BCUT2D eigenvalue weighted by molar-refractivity contribution is 7.99. The van der Waals surface area contributed by atoms with Gasteiger partial charge >= 0.3 is 0 Å². The van der Waals surface area contributed by atoms with E-state index in [2.05, 4.69) is 30.2 Å². The maximum atomic E-state index is 9.37. The van der Waals surface area contributed by atoms with Gasteiger partial charge in [-0.1, -0.05) is 37.3 Å². The molecule has 22 heavy (non-hydrogen) atoms. The van der Waals surface area contributed by atoms with Crippen LogP contribution in [-0.4, -0.2) is 15.5 Å².